The topological polar surface area (TPSA) is 49.8 Å². The summed E-state index contributed by atoms with van der Waals surface area (Å²) in [7, 11) is 1.99. The molecule has 0 unspecified atom stereocenters. The van der Waals surface area contributed by atoms with E-state index in [0.717, 1.165) is 24.6 Å². The van der Waals surface area contributed by atoms with Crippen molar-refractivity contribution in [1.29, 1.82) is 0 Å². The molecule has 0 aliphatic carbocycles. The fraction of sp³-hybridized carbons (Fsp3) is 0.250. The first-order valence-corrected chi connectivity index (χ1v) is 7.09. The summed E-state index contributed by atoms with van der Waals surface area (Å²) in [6.07, 6.45) is 1.65. The van der Waals surface area contributed by atoms with Crippen molar-refractivity contribution in [2.75, 3.05) is 20.1 Å². The molecule has 2 heterocycles. The standard InChI is InChI=1S/C16H17FN4O/c1-21-9-8-19-16(21)20-11-12-4-3-7-18-15(12)22-14-6-2-5-13(17)10-14/h2-7,10H,8-9,11H2,1H3,(H,19,20). The van der Waals surface area contributed by atoms with Crippen molar-refractivity contribution in [2.24, 2.45) is 4.99 Å². The van der Waals surface area contributed by atoms with E-state index in [0.29, 0.717) is 18.2 Å². The van der Waals surface area contributed by atoms with Gasteiger partial charge in [0.1, 0.15) is 11.6 Å². The summed E-state index contributed by atoms with van der Waals surface area (Å²) in [6.45, 7) is 2.27. The van der Waals surface area contributed by atoms with Gasteiger partial charge < -0.3 is 15.0 Å². The fourth-order valence-electron chi connectivity index (χ4n) is 2.19. The highest BCUT2D eigenvalue weighted by molar-refractivity contribution is 5.81. The van der Waals surface area contributed by atoms with Crippen LogP contribution in [0, 0.1) is 5.82 Å². The molecule has 0 saturated heterocycles. The third kappa shape index (κ3) is 3.33. The summed E-state index contributed by atoms with van der Waals surface area (Å²) in [6, 6.07) is 9.78. The number of aromatic nitrogens is 1. The lowest BCUT2D eigenvalue weighted by Crippen LogP contribution is -2.35. The third-order valence-electron chi connectivity index (χ3n) is 3.36. The third-order valence-corrected chi connectivity index (χ3v) is 3.36. The maximum absolute atomic E-state index is 13.2. The molecule has 114 valence electrons. The van der Waals surface area contributed by atoms with Crippen molar-refractivity contribution in [3.05, 3.63) is 54.0 Å². The molecule has 1 aliphatic heterocycles. The van der Waals surface area contributed by atoms with E-state index in [2.05, 4.69) is 20.2 Å². The fourth-order valence-corrected chi connectivity index (χ4v) is 2.19. The van der Waals surface area contributed by atoms with Crippen LogP contribution in [0.25, 0.3) is 0 Å². The van der Waals surface area contributed by atoms with Gasteiger partial charge in [0, 0.05) is 38.0 Å². The number of nitrogens with zero attached hydrogens (tertiary/aromatic N) is 3. The van der Waals surface area contributed by atoms with Gasteiger partial charge in [-0.3, -0.25) is 4.99 Å². The minimum atomic E-state index is -0.338. The number of benzene rings is 1. The zero-order chi connectivity index (χ0) is 15.4. The smallest absolute Gasteiger partial charge is 0.224 e. The average Bonchev–Trinajstić information content (AvgIpc) is 2.92. The summed E-state index contributed by atoms with van der Waals surface area (Å²) in [5.74, 6) is 1.41. The molecule has 2 aromatic rings. The van der Waals surface area contributed by atoms with Crippen LogP contribution in [0.5, 0.6) is 11.6 Å². The predicted octanol–water partition coefficient (Wildman–Crippen LogP) is 2.40. The zero-order valence-corrected chi connectivity index (χ0v) is 12.3. The molecule has 0 spiro atoms. The number of nitrogens with one attached hydrogen (secondary N) is 1. The van der Waals surface area contributed by atoms with Crippen molar-refractivity contribution in [2.45, 2.75) is 6.54 Å². The number of hydrogen-bond acceptors (Lipinski definition) is 5. The number of halogens is 1. The first-order valence-electron chi connectivity index (χ1n) is 7.09. The molecule has 1 N–H and O–H groups in total. The Morgan fingerprint density at radius 3 is 3.00 bits per heavy atom. The number of likely N-dealkylation sites (N-methyl/N-ethyl adjacent to an activating group) is 1. The molecule has 0 amide bonds. The second-order valence-corrected chi connectivity index (χ2v) is 5.01. The molecule has 1 aromatic heterocycles. The highest BCUT2D eigenvalue weighted by Crippen LogP contribution is 2.23. The van der Waals surface area contributed by atoms with Gasteiger partial charge >= 0.3 is 0 Å². The summed E-state index contributed by atoms with van der Waals surface area (Å²) in [5.41, 5.74) is 0.884. The van der Waals surface area contributed by atoms with Crippen LogP contribution in [-0.4, -0.2) is 36.0 Å². The molecule has 22 heavy (non-hydrogen) atoms. The molecular weight excluding hydrogens is 283 g/mol. The van der Waals surface area contributed by atoms with E-state index in [1.165, 1.54) is 12.1 Å². The van der Waals surface area contributed by atoms with Gasteiger partial charge in [-0.2, -0.15) is 0 Å². The summed E-state index contributed by atoms with van der Waals surface area (Å²) >= 11 is 0. The Morgan fingerprint density at radius 1 is 1.32 bits per heavy atom. The van der Waals surface area contributed by atoms with Crippen LogP contribution in [0.2, 0.25) is 0 Å². The van der Waals surface area contributed by atoms with Crippen molar-refractivity contribution >= 4 is 5.96 Å². The molecule has 0 fully saturated rings. The van der Waals surface area contributed by atoms with Crippen molar-refractivity contribution < 1.29 is 9.13 Å². The lowest BCUT2D eigenvalue weighted by Gasteiger charge is -2.16. The SMILES string of the molecule is CN1CCN=C1NCc1cccnc1Oc1cccc(F)c1. The van der Waals surface area contributed by atoms with Crippen LogP contribution in [-0.2, 0) is 6.54 Å². The monoisotopic (exact) mass is 300 g/mol. The van der Waals surface area contributed by atoms with Crippen LogP contribution >= 0.6 is 0 Å². The van der Waals surface area contributed by atoms with Crippen LogP contribution in [0.15, 0.2) is 47.6 Å². The number of hydrogen-bond donors (Lipinski definition) is 1. The molecule has 6 heteroatoms. The van der Waals surface area contributed by atoms with Crippen molar-refractivity contribution in [3.63, 3.8) is 0 Å². The first-order chi connectivity index (χ1) is 10.7. The lowest BCUT2D eigenvalue weighted by molar-refractivity contribution is 0.450. The van der Waals surface area contributed by atoms with Crippen LogP contribution in [0.3, 0.4) is 0 Å². The van der Waals surface area contributed by atoms with E-state index >= 15 is 0 Å². The molecule has 1 aromatic carbocycles. The van der Waals surface area contributed by atoms with Crippen LogP contribution in [0.4, 0.5) is 4.39 Å². The molecule has 0 atom stereocenters. The van der Waals surface area contributed by atoms with E-state index in [1.54, 1.807) is 18.3 Å². The number of ether oxygens (including phenoxy) is 1. The van der Waals surface area contributed by atoms with Gasteiger partial charge in [0.05, 0.1) is 6.54 Å². The quantitative estimate of drug-likeness (QED) is 0.942. The Labute approximate surface area is 128 Å². The van der Waals surface area contributed by atoms with E-state index in [-0.39, 0.29) is 5.82 Å². The van der Waals surface area contributed by atoms with Gasteiger partial charge in [0.15, 0.2) is 5.96 Å². The minimum Gasteiger partial charge on any atom is -0.439 e. The Bertz CT molecular complexity index is 689. The highest BCUT2D eigenvalue weighted by atomic mass is 19.1. The van der Waals surface area contributed by atoms with E-state index < -0.39 is 0 Å². The second-order valence-electron chi connectivity index (χ2n) is 5.01. The maximum Gasteiger partial charge on any atom is 0.224 e. The minimum absolute atomic E-state index is 0.338. The molecule has 0 bridgehead atoms. The molecule has 3 rings (SSSR count). The van der Waals surface area contributed by atoms with Crippen molar-refractivity contribution in [3.8, 4) is 11.6 Å². The summed E-state index contributed by atoms with van der Waals surface area (Å²) in [4.78, 5) is 10.7. The molecule has 1 aliphatic rings. The van der Waals surface area contributed by atoms with Crippen LogP contribution in [0.1, 0.15) is 5.56 Å². The Morgan fingerprint density at radius 2 is 2.23 bits per heavy atom. The molecule has 5 nitrogen and oxygen atoms in total. The lowest BCUT2D eigenvalue weighted by atomic mass is 10.2. The normalized spacial score (nSPS) is 13.9. The van der Waals surface area contributed by atoms with Crippen molar-refractivity contribution in [1.82, 2.24) is 15.2 Å². The van der Waals surface area contributed by atoms with E-state index in [1.807, 2.05) is 19.2 Å². The molecule has 0 radical (unpaired) electrons. The second kappa shape index (κ2) is 6.43. The van der Waals surface area contributed by atoms with Gasteiger partial charge in [0.2, 0.25) is 5.88 Å². The number of guanidine groups is 1. The Balaban J connectivity index is 1.72. The van der Waals surface area contributed by atoms with Gasteiger partial charge in [-0.05, 0) is 18.2 Å². The predicted molar refractivity (Wildman–Crippen MR) is 82.5 cm³/mol. The number of pyridine rings is 1. The van der Waals surface area contributed by atoms with Gasteiger partial charge in [0.25, 0.3) is 0 Å². The van der Waals surface area contributed by atoms with E-state index in [9.17, 15) is 4.39 Å². The molecule has 0 saturated carbocycles. The highest BCUT2D eigenvalue weighted by Gasteiger charge is 2.13. The molecular formula is C16H17FN4O. The van der Waals surface area contributed by atoms with Gasteiger partial charge in [-0.25, -0.2) is 9.37 Å². The summed E-state index contributed by atoms with van der Waals surface area (Å²) < 4.78 is 18.9. The number of aliphatic imine (C=N–C) groups is 1. The van der Waals surface area contributed by atoms with Crippen LogP contribution < -0.4 is 10.1 Å². The van der Waals surface area contributed by atoms with E-state index in [4.69, 9.17) is 4.74 Å². The Kier molecular flexibility index (Phi) is 4.18. The zero-order valence-electron chi connectivity index (χ0n) is 12.3. The van der Waals surface area contributed by atoms with Gasteiger partial charge in [-0.15, -0.1) is 0 Å². The largest absolute Gasteiger partial charge is 0.439 e. The maximum atomic E-state index is 13.2. The summed E-state index contributed by atoms with van der Waals surface area (Å²) in [5, 5.41) is 3.27. The van der Waals surface area contributed by atoms with Gasteiger partial charge in [-0.1, -0.05) is 12.1 Å². The number of rotatable bonds is 4. The first kappa shape index (κ1) is 14.3. The average molecular weight is 300 g/mol. The Hall–Kier alpha value is -2.63.